The lowest BCUT2D eigenvalue weighted by atomic mass is 9.85. The van der Waals surface area contributed by atoms with Gasteiger partial charge in [0.15, 0.2) is 0 Å². The zero-order valence-corrected chi connectivity index (χ0v) is 21.3. The quantitative estimate of drug-likeness (QED) is 0.547. The molecule has 0 unspecified atom stereocenters. The lowest BCUT2D eigenvalue weighted by Crippen LogP contribution is -2.44. The van der Waals surface area contributed by atoms with Gasteiger partial charge in [0.1, 0.15) is 17.5 Å². The number of piperidine rings is 1. The monoisotopic (exact) mass is 501 g/mol. The molecule has 4 rings (SSSR count). The van der Waals surface area contributed by atoms with Gasteiger partial charge >= 0.3 is 0 Å². The number of hydrogen-bond donors (Lipinski definition) is 0. The van der Waals surface area contributed by atoms with Crippen LogP contribution in [0, 0.1) is 23.4 Å². The van der Waals surface area contributed by atoms with E-state index in [4.69, 9.17) is 0 Å². The molecule has 2 aromatic carbocycles. The Hall–Kier alpha value is -2.87. The number of benzene rings is 2. The second-order valence-electron chi connectivity index (χ2n) is 11.0. The molecule has 2 aliphatic rings. The zero-order valence-electron chi connectivity index (χ0n) is 21.3. The molecule has 2 aliphatic heterocycles. The number of carbonyl (C=O) groups excluding carboxylic acids is 2. The van der Waals surface area contributed by atoms with Crippen molar-refractivity contribution in [3.63, 3.8) is 0 Å². The van der Waals surface area contributed by atoms with Gasteiger partial charge in [-0.25, -0.2) is 13.2 Å². The van der Waals surface area contributed by atoms with Crippen molar-refractivity contribution in [3.8, 4) is 0 Å². The SMILES string of the molecule is CN(C=O)c1cc(F)ccc1C1CCN(C(=O)[C@@H]2CN(C(C)(C)C)C[C@H]2c2ccc(F)cc2F)CC1. The van der Waals surface area contributed by atoms with E-state index in [1.165, 1.54) is 29.2 Å². The van der Waals surface area contributed by atoms with E-state index in [0.29, 0.717) is 56.7 Å². The molecule has 2 amide bonds. The maximum atomic E-state index is 14.8. The van der Waals surface area contributed by atoms with Gasteiger partial charge < -0.3 is 9.80 Å². The fourth-order valence-corrected chi connectivity index (χ4v) is 5.59. The van der Waals surface area contributed by atoms with Crippen molar-refractivity contribution < 1.29 is 22.8 Å². The Morgan fingerprint density at radius 1 is 0.972 bits per heavy atom. The highest BCUT2D eigenvalue weighted by Crippen LogP contribution is 2.40. The molecule has 0 bridgehead atoms. The summed E-state index contributed by atoms with van der Waals surface area (Å²) in [4.78, 5) is 30.5. The summed E-state index contributed by atoms with van der Waals surface area (Å²) in [6.45, 7) is 8.29. The van der Waals surface area contributed by atoms with Gasteiger partial charge in [0, 0.05) is 56.4 Å². The molecular formula is C28H34F3N3O2. The molecule has 0 saturated carbocycles. The fourth-order valence-electron chi connectivity index (χ4n) is 5.59. The van der Waals surface area contributed by atoms with Gasteiger partial charge in [-0.1, -0.05) is 12.1 Å². The van der Waals surface area contributed by atoms with Crippen molar-refractivity contribution in [1.82, 2.24) is 9.80 Å². The molecule has 0 aromatic heterocycles. The third kappa shape index (κ3) is 5.28. The highest BCUT2D eigenvalue weighted by Gasteiger charge is 2.44. The van der Waals surface area contributed by atoms with Crippen molar-refractivity contribution in [1.29, 1.82) is 0 Å². The van der Waals surface area contributed by atoms with E-state index in [0.717, 1.165) is 11.6 Å². The van der Waals surface area contributed by atoms with E-state index < -0.39 is 23.4 Å². The summed E-state index contributed by atoms with van der Waals surface area (Å²) in [5, 5.41) is 0. The minimum Gasteiger partial charge on any atom is -0.342 e. The summed E-state index contributed by atoms with van der Waals surface area (Å²) in [7, 11) is 1.60. The van der Waals surface area contributed by atoms with Gasteiger partial charge in [-0.05, 0) is 68.9 Å². The van der Waals surface area contributed by atoms with Crippen LogP contribution in [0.15, 0.2) is 36.4 Å². The van der Waals surface area contributed by atoms with Crippen molar-refractivity contribution in [2.45, 2.75) is 51.0 Å². The van der Waals surface area contributed by atoms with Crippen LogP contribution in [0.2, 0.25) is 0 Å². The Labute approximate surface area is 210 Å². The number of anilines is 1. The summed E-state index contributed by atoms with van der Waals surface area (Å²) >= 11 is 0. The molecule has 194 valence electrons. The molecule has 36 heavy (non-hydrogen) atoms. The predicted molar refractivity (Wildman–Crippen MR) is 133 cm³/mol. The Morgan fingerprint density at radius 2 is 1.58 bits per heavy atom. The standard InChI is InChI=1S/C28H34F3N3O2/c1-28(2,3)34-15-23(22-8-6-19(29)13-25(22)31)24(16-34)27(36)33-11-9-18(10-12-33)21-7-5-20(30)14-26(21)32(4)17-35/h5-8,13-14,17-18,23-24H,9-12,15-16H2,1-4H3/t23-,24+/m0/s1. The van der Waals surface area contributed by atoms with Crippen LogP contribution in [-0.2, 0) is 9.59 Å². The highest BCUT2D eigenvalue weighted by molar-refractivity contribution is 5.81. The number of halogens is 3. The van der Waals surface area contributed by atoms with Crippen LogP contribution < -0.4 is 4.90 Å². The summed E-state index contributed by atoms with van der Waals surface area (Å²) in [5.41, 5.74) is 1.62. The average Bonchev–Trinajstić information content (AvgIpc) is 3.29. The number of amides is 2. The molecule has 2 aromatic rings. The Bertz CT molecular complexity index is 1130. The van der Waals surface area contributed by atoms with Gasteiger partial charge in [0.2, 0.25) is 12.3 Å². The van der Waals surface area contributed by atoms with Gasteiger partial charge in [0.25, 0.3) is 0 Å². The molecule has 2 heterocycles. The summed E-state index contributed by atoms with van der Waals surface area (Å²) in [6, 6.07) is 8.09. The predicted octanol–water partition coefficient (Wildman–Crippen LogP) is 4.92. The van der Waals surface area contributed by atoms with Crippen LogP contribution in [0.1, 0.15) is 56.6 Å². The zero-order chi connectivity index (χ0) is 26.2. The third-order valence-electron chi connectivity index (χ3n) is 7.72. The summed E-state index contributed by atoms with van der Waals surface area (Å²) in [5.74, 6) is -2.37. The molecular weight excluding hydrogens is 467 g/mol. The van der Waals surface area contributed by atoms with Crippen LogP contribution in [0.5, 0.6) is 0 Å². The molecule has 2 fully saturated rings. The minimum absolute atomic E-state index is 0.0155. The van der Waals surface area contributed by atoms with E-state index >= 15 is 0 Å². The van der Waals surface area contributed by atoms with Crippen molar-refractivity contribution in [3.05, 3.63) is 65.0 Å². The fraction of sp³-hybridized carbons (Fsp3) is 0.500. The first-order chi connectivity index (χ1) is 17.0. The van der Waals surface area contributed by atoms with Gasteiger partial charge in [0.05, 0.1) is 5.92 Å². The van der Waals surface area contributed by atoms with Gasteiger partial charge in [-0.15, -0.1) is 0 Å². The molecule has 0 aliphatic carbocycles. The summed E-state index contributed by atoms with van der Waals surface area (Å²) < 4.78 is 42.2. The normalized spacial score (nSPS) is 21.6. The molecule has 0 radical (unpaired) electrons. The minimum atomic E-state index is -0.632. The second kappa shape index (κ2) is 10.2. The van der Waals surface area contributed by atoms with E-state index in [-0.39, 0.29) is 23.3 Å². The number of likely N-dealkylation sites (tertiary alicyclic amines) is 2. The first-order valence-corrected chi connectivity index (χ1v) is 12.5. The second-order valence-corrected chi connectivity index (χ2v) is 11.0. The van der Waals surface area contributed by atoms with Gasteiger partial charge in [-0.3, -0.25) is 14.5 Å². The van der Waals surface area contributed by atoms with Crippen LogP contribution >= 0.6 is 0 Å². The number of rotatable bonds is 5. The lowest BCUT2D eigenvalue weighted by Gasteiger charge is -2.36. The van der Waals surface area contributed by atoms with E-state index in [2.05, 4.69) is 25.7 Å². The van der Waals surface area contributed by atoms with E-state index in [1.54, 1.807) is 13.1 Å². The Balaban J connectivity index is 1.52. The first kappa shape index (κ1) is 26.2. The largest absolute Gasteiger partial charge is 0.342 e. The topological polar surface area (TPSA) is 43.9 Å². The number of nitrogens with zero attached hydrogens (tertiary/aromatic N) is 3. The van der Waals surface area contributed by atoms with Crippen LogP contribution in [0.4, 0.5) is 18.9 Å². The van der Waals surface area contributed by atoms with Crippen molar-refractivity contribution in [2.75, 3.05) is 38.1 Å². The van der Waals surface area contributed by atoms with E-state index in [1.807, 2.05) is 4.90 Å². The van der Waals surface area contributed by atoms with Crippen LogP contribution in [0.25, 0.3) is 0 Å². The van der Waals surface area contributed by atoms with Gasteiger partial charge in [-0.2, -0.15) is 0 Å². The highest BCUT2D eigenvalue weighted by atomic mass is 19.1. The molecule has 2 atom stereocenters. The lowest BCUT2D eigenvalue weighted by molar-refractivity contribution is -0.136. The average molecular weight is 502 g/mol. The Kier molecular flexibility index (Phi) is 7.46. The maximum Gasteiger partial charge on any atom is 0.227 e. The molecule has 0 N–H and O–H groups in total. The van der Waals surface area contributed by atoms with Crippen molar-refractivity contribution >= 4 is 18.0 Å². The Morgan fingerprint density at radius 3 is 2.17 bits per heavy atom. The smallest absolute Gasteiger partial charge is 0.227 e. The number of hydrogen-bond acceptors (Lipinski definition) is 3. The summed E-state index contributed by atoms with van der Waals surface area (Å²) in [6.07, 6.45) is 2.03. The van der Waals surface area contributed by atoms with Crippen LogP contribution in [-0.4, -0.2) is 60.9 Å². The van der Waals surface area contributed by atoms with E-state index in [9.17, 15) is 22.8 Å². The third-order valence-corrected chi connectivity index (χ3v) is 7.72. The molecule has 2 saturated heterocycles. The van der Waals surface area contributed by atoms with Crippen molar-refractivity contribution in [2.24, 2.45) is 5.92 Å². The molecule has 5 nitrogen and oxygen atoms in total. The van der Waals surface area contributed by atoms with Crippen LogP contribution in [0.3, 0.4) is 0 Å². The molecule has 8 heteroatoms. The number of carbonyl (C=O) groups is 2. The first-order valence-electron chi connectivity index (χ1n) is 12.5. The molecule has 0 spiro atoms. The maximum absolute atomic E-state index is 14.8.